The molecule has 1 atom stereocenters. The van der Waals surface area contributed by atoms with Crippen LogP contribution in [0, 0.1) is 0 Å². The second-order valence-corrected chi connectivity index (χ2v) is 5.43. The number of anilines is 1. The van der Waals surface area contributed by atoms with Crippen molar-refractivity contribution in [1.29, 1.82) is 0 Å². The van der Waals surface area contributed by atoms with E-state index in [1.54, 1.807) is 24.1 Å². The number of ether oxygens (including phenoxy) is 1. The quantitative estimate of drug-likeness (QED) is 0.883. The second kappa shape index (κ2) is 6.23. The average molecular weight is 343 g/mol. The zero-order valence-corrected chi connectivity index (χ0v) is 12.5. The minimum absolute atomic E-state index is 0.0437. The number of carbonyl (C=O) groups is 2. The highest BCUT2D eigenvalue weighted by Gasteiger charge is 2.26. The maximum Gasteiger partial charge on any atom is 0.337 e. The van der Waals surface area contributed by atoms with E-state index in [1.807, 2.05) is 0 Å². The molecule has 20 heavy (non-hydrogen) atoms. The van der Waals surface area contributed by atoms with Gasteiger partial charge in [-0.05, 0) is 24.6 Å². The van der Waals surface area contributed by atoms with Gasteiger partial charge in [-0.2, -0.15) is 0 Å². The molecule has 0 aromatic heterocycles. The summed E-state index contributed by atoms with van der Waals surface area (Å²) in [5.41, 5.74) is 0.335. The maximum absolute atomic E-state index is 12.1. The number of rotatable bonds is 3. The number of carboxylic acids is 1. The molecule has 1 saturated heterocycles. The Hall–Kier alpha value is -1.60. The van der Waals surface area contributed by atoms with Crippen LogP contribution < -0.4 is 5.32 Å². The summed E-state index contributed by atoms with van der Waals surface area (Å²) in [6.07, 6.45) is 0.830. The molecular formula is C13H15BrN2O4. The van der Waals surface area contributed by atoms with Gasteiger partial charge in [0.05, 0.1) is 17.4 Å². The Morgan fingerprint density at radius 1 is 1.50 bits per heavy atom. The number of methoxy groups -OCH3 is 1. The van der Waals surface area contributed by atoms with Crippen molar-refractivity contribution in [2.45, 2.75) is 12.5 Å². The van der Waals surface area contributed by atoms with Crippen molar-refractivity contribution in [3.05, 3.63) is 28.2 Å². The standard InChI is InChI=1S/C13H15BrN2O4/c1-20-9-4-5-16(7-9)13(19)15-11-6-8(14)2-3-10(11)12(17)18/h2-3,6,9H,4-5,7H2,1H3,(H,15,19)(H,17,18). The van der Waals surface area contributed by atoms with Crippen molar-refractivity contribution in [2.24, 2.45) is 0 Å². The number of hydrogen-bond donors (Lipinski definition) is 2. The van der Waals surface area contributed by atoms with E-state index in [2.05, 4.69) is 21.2 Å². The summed E-state index contributed by atoms with van der Waals surface area (Å²) >= 11 is 3.26. The number of carboxylic acid groups (broad SMARTS) is 1. The molecule has 2 N–H and O–H groups in total. The number of urea groups is 1. The van der Waals surface area contributed by atoms with Gasteiger partial charge in [-0.15, -0.1) is 0 Å². The third-order valence-electron chi connectivity index (χ3n) is 3.22. The van der Waals surface area contributed by atoms with E-state index in [4.69, 9.17) is 9.84 Å². The van der Waals surface area contributed by atoms with Gasteiger partial charge in [0.1, 0.15) is 0 Å². The summed E-state index contributed by atoms with van der Waals surface area (Å²) in [6, 6.07) is 4.33. The van der Waals surface area contributed by atoms with Crippen molar-refractivity contribution < 1.29 is 19.4 Å². The molecular weight excluding hydrogens is 328 g/mol. The minimum Gasteiger partial charge on any atom is -0.478 e. The number of benzene rings is 1. The number of amides is 2. The molecule has 1 aliphatic heterocycles. The van der Waals surface area contributed by atoms with Gasteiger partial charge < -0.3 is 20.1 Å². The molecule has 1 unspecified atom stereocenters. The smallest absolute Gasteiger partial charge is 0.337 e. The number of halogens is 1. The van der Waals surface area contributed by atoms with E-state index >= 15 is 0 Å². The zero-order chi connectivity index (χ0) is 14.7. The van der Waals surface area contributed by atoms with Crippen molar-refractivity contribution >= 4 is 33.6 Å². The highest BCUT2D eigenvalue weighted by molar-refractivity contribution is 9.10. The summed E-state index contributed by atoms with van der Waals surface area (Å²) in [7, 11) is 1.61. The summed E-state index contributed by atoms with van der Waals surface area (Å²) in [5.74, 6) is -1.08. The predicted octanol–water partition coefficient (Wildman–Crippen LogP) is 2.40. The molecule has 2 rings (SSSR count). The van der Waals surface area contributed by atoms with Gasteiger partial charge >= 0.3 is 12.0 Å². The molecule has 1 aromatic carbocycles. The maximum atomic E-state index is 12.1. The van der Waals surface area contributed by atoms with E-state index in [-0.39, 0.29) is 23.4 Å². The van der Waals surface area contributed by atoms with Gasteiger partial charge in [0, 0.05) is 24.7 Å². The summed E-state index contributed by atoms with van der Waals surface area (Å²) in [4.78, 5) is 24.9. The van der Waals surface area contributed by atoms with E-state index in [0.29, 0.717) is 17.6 Å². The molecule has 1 fully saturated rings. The summed E-state index contributed by atoms with van der Waals surface area (Å²) in [6.45, 7) is 1.11. The number of aromatic carboxylic acids is 1. The Morgan fingerprint density at radius 2 is 2.25 bits per heavy atom. The molecule has 0 radical (unpaired) electrons. The van der Waals surface area contributed by atoms with Crippen LogP contribution in [0.1, 0.15) is 16.8 Å². The van der Waals surface area contributed by atoms with Crippen LogP contribution in [0.25, 0.3) is 0 Å². The van der Waals surface area contributed by atoms with Crippen LogP contribution in [-0.4, -0.2) is 48.3 Å². The van der Waals surface area contributed by atoms with Crippen molar-refractivity contribution in [1.82, 2.24) is 4.90 Å². The van der Waals surface area contributed by atoms with Crippen LogP contribution in [0.2, 0.25) is 0 Å². The number of carbonyl (C=O) groups excluding carboxylic acids is 1. The molecule has 1 aromatic rings. The van der Waals surface area contributed by atoms with E-state index in [0.717, 1.165) is 6.42 Å². The SMILES string of the molecule is COC1CCN(C(=O)Nc2cc(Br)ccc2C(=O)O)C1. The molecule has 1 heterocycles. The van der Waals surface area contributed by atoms with Crippen LogP contribution >= 0.6 is 15.9 Å². The van der Waals surface area contributed by atoms with Gasteiger partial charge in [0.15, 0.2) is 0 Å². The highest BCUT2D eigenvalue weighted by Crippen LogP contribution is 2.23. The van der Waals surface area contributed by atoms with E-state index < -0.39 is 5.97 Å². The number of nitrogens with one attached hydrogen (secondary N) is 1. The first-order valence-corrected chi connectivity index (χ1v) is 6.92. The van der Waals surface area contributed by atoms with Gasteiger partial charge in [-0.1, -0.05) is 15.9 Å². The second-order valence-electron chi connectivity index (χ2n) is 4.52. The van der Waals surface area contributed by atoms with Crippen LogP contribution in [0.5, 0.6) is 0 Å². The Morgan fingerprint density at radius 3 is 2.85 bits per heavy atom. The minimum atomic E-state index is -1.08. The van der Waals surface area contributed by atoms with E-state index in [9.17, 15) is 9.59 Å². The fourth-order valence-corrected chi connectivity index (χ4v) is 2.47. The number of nitrogens with zero attached hydrogens (tertiary/aromatic N) is 1. The fourth-order valence-electron chi connectivity index (χ4n) is 2.11. The van der Waals surface area contributed by atoms with Crippen molar-refractivity contribution in [2.75, 3.05) is 25.5 Å². The first kappa shape index (κ1) is 14.8. The molecule has 0 bridgehead atoms. The monoisotopic (exact) mass is 342 g/mol. The van der Waals surface area contributed by atoms with Crippen molar-refractivity contribution in [3.8, 4) is 0 Å². The predicted molar refractivity (Wildman–Crippen MR) is 77.1 cm³/mol. The molecule has 2 amide bonds. The van der Waals surface area contributed by atoms with Crippen LogP contribution in [0.4, 0.5) is 10.5 Å². The lowest BCUT2D eigenvalue weighted by atomic mass is 10.2. The lowest BCUT2D eigenvalue weighted by Gasteiger charge is -2.18. The number of hydrogen-bond acceptors (Lipinski definition) is 3. The Bertz CT molecular complexity index is 535. The fraction of sp³-hybridized carbons (Fsp3) is 0.385. The van der Waals surface area contributed by atoms with Gasteiger partial charge in [-0.25, -0.2) is 9.59 Å². The first-order valence-electron chi connectivity index (χ1n) is 6.13. The van der Waals surface area contributed by atoms with Crippen LogP contribution in [0.3, 0.4) is 0 Å². The van der Waals surface area contributed by atoms with Gasteiger partial charge in [-0.3, -0.25) is 0 Å². The first-order chi connectivity index (χ1) is 9.51. The Kier molecular flexibility index (Phi) is 4.61. The summed E-state index contributed by atoms with van der Waals surface area (Å²) < 4.78 is 5.90. The van der Waals surface area contributed by atoms with E-state index in [1.165, 1.54) is 6.07 Å². The molecule has 0 saturated carbocycles. The molecule has 108 valence electrons. The van der Waals surface area contributed by atoms with Crippen LogP contribution in [0.15, 0.2) is 22.7 Å². The van der Waals surface area contributed by atoms with Crippen molar-refractivity contribution in [3.63, 3.8) is 0 Å². The Balaban J connectivity index is 2.11. The molecule has 0 spiro atoms. The lowest BCUT2D eigenvalue weighted by molar-refractivity contribution is 0.0698. The normalized spacial score (nSPS) is 18.1. The summed E-state index contributed by atoms with van der Waals surface area (Å²) in [5, 5.41) is 11.8. The zero-order valence-electron chi connectivity index (χ0n) is 10.9. The topological polar surface area (TPSA) is 78.9 Å². The highest BCUT2D eigenvalue weighted by atomic mass is 79.9. The molecule has 1 aliphatic rings. The van der Waals surface area contributed by atoms with Gasteiger partial charge in [0.25, 0.3) is 0 Å². The average Bonchev–Trinajstić information content (AvgIpc) is 2.87. The Labute approximate surface area is 124 Å². The van der Waals surface area contributed by atoms with Gasteiger partial charge in [0.2, 0.25) is 0 Å². The molecule has 0 aliphatic carbocycles. The number of likely N-dealkylation sites (tertiary alicyclic amines) is 1. The largest absolute Gasteiger partial charge is 0.478 e. The third-order valence-corrected chi connectivity index (χ3v) is 3.71. The molecule has 7 heteroatoms. The molecule has 6 nitrogen and oxygen atoms in total. The third kappa shape index (κ3) is 3.29. The van der Waals surface area contributed by atoms with Crippen LogP contribution in [-0.2, 0) is 4.74 Å². The lowest BCUT2D eigenvalue weighted by Crippen LogP contribution is -2.34.